The van der Waals surface area contributed by atoms with E-state index in [1.807, 2.05) is 36.4 Å². The molecule has 130 valence electrons. The van der Waals surface area contributed by atoms with Gasteiger partial charge in [0.15, 0.2) is 11.5 Å². The molecular weight excluding hydrogens is 314 g/mol. The first kappa shape index (κ1) is 17.1. The molecule has 1 heterocycles. The van der Waals surface area contributed by atoms with E-state index >= 15 is 0 Å². The third-order valence-electron chi connectivity index (χ3n) is 3.96. The van der Waals surface area contributed by atoms with Crippen molar-refractivity contribution < 1.29 is 13.9 Å². The lowest BCUT2D eigenvalue weighted by Crippen LogP contribution is -2.08. The van der Waals surface area contributed by atoms with Gasteiger partial charge in [0.1, 0.15) is 11.3 Å². The normalized spacial score (nSPS) is 12.0. The maximum absolute atomic E-state index is 6.14. The first-order valence-electron chi connectivity index (χ1n) is 8.32. The number of fused-ring (bicyclic) bond motifs is 1. The largest absolute Gasteiger partial charge is 0.493 e. The molecule has 4 heteroatoms. The molecule has 3 aromatic rings. The van der Waals surface area contributed by atoms with Crippen LogP contribution in [0, 0.1) is 6.92 Å². The molecule has 0 fully saturated rings. The second-order valence-corrected chi connectivity index (χ2v) is 6.29. The SMILES string of the molecule is COc1ccc(-c2cc(=NC(C)C)c3cc(C)ccc3o2)cc1OC. The van der Waals surface area contributed by atoms with Crippen LogP contribution in [0.2, 0.25) is 0 Å². The molecule has 0 atom stereocenters. The van der Waals surface area contributed by atoms with Gasteiger partial charge in [-0.05, 0) is 51.1 Å². The Morgan fingerprint density at radius 2 is 1.68 bits per heavy atom. The number of aryl methyl sites for hydroxylation is 1. The van der Waals surface area contributed by atoms with Crippen molar-refractivity contribution in [2.75, 3.05) is 14.2 Å². The summed E-state index contributed by atoms with van der Waals surface area (Å²) < 4.78 is 16.9. The van der Waals surface area contributed by atoms with E-state index in [0.717, 1.165) is 27.7 Å². The monoisotopic (exact) mass is 337 g/mol. The van der Waals surface area contributed by atoms with Gasteiger partial charge in [0.25, 0.3) is 0 Å². The molecule has 2 aromatic carbocycles. The molecule has 0 aliphatic carbocycles. The van der Waals surface area contributed by atoms with Crippen LogP contribution < -0.4 is 14.8 Å². The van der Waals surface area contributed by atoms with Gasteiger partial charge in [-0.3, -0.25) is 4.99 Å². The molecule has 4 nitrogen and oxygen atoms in total. The van der Waals surface area contributed by atoms with Crippen molar-refractivity contribution in [3.63, 3.8) is 0 Å². The maximum atomic E-state index is 6.14. The van der Waals surface area contributed by atoms with Gasteiger partial charge >= 0.3 is 0 Å². The highest BCUT2D eigenvalue weighted by molar-refractivity contribution is 5.79. The van der Waals surface area contributed by atoms with Crippen LogP contribution in [0.3, 0.4) is 0 Å². The fraction of sp³-hybridized carbons (Fsp3) is 0.286. The second-order valence-electron chi connectivity index (χ2n) is 6.29. The molecule has 0 bridgehead atoms. The minimum atomic E-state index is 0.198. The number of nitrogens with zero attached hydrogens (tertiary/aromatic N) is 1. The Kier molecular flexibility index (Phi) is 4.79. The lowest BCUT2D eigenvalue weighted by Gasteiger charge is -2.10. The van der Waals surface area contributed by atoms with Gasteiger partial charge in [0.2, 0.25) is 0 Å². The average Bonchev–Trinajstić information content (AvgIpc) is 2.60. The van der Waals surface area contributed by atoms with Crippen LogP contribution in [-0.4, -0.2) is 20.3 Å². The van der Waals surface area contributed by atoms with Gasteiger partial charge in [-0.1, -0.05) is 11.6 Å². The van der Waals surface area contributed by atoms with Gasteiger partial charge in [-0.2, -0.15) is 0 Å². The predicted molar refractivity (Wildman–Crippen MR) is 100 cm³/mol. The van der Waals surface area contributed by atoms with Crippen molar-refractivity contribution in [1.29, 1.82) is 0 Å². The van der Waals surface area contributed by atoms with E-state index < -0.39 is 0 Å². The Balaban J connectivity index is 2.26. The Bertz CT molecular complexity index is 971. The fourth-order valence-corrected chi connectivity index (χ4v) is 2.80. The molecule has 0 saturated carbocycles. The van der Waals surface area contributed by atoms with Gasteiger partial charge in [0.05, 0.1) is 19.6 Å². The minimum Gasteiger partial charge on any atom is -0.493 e. The first-order chi connectivity index (χ1) is 12.0. The van der Waals surface area contributed by atoms with Crippen molar-refractivity contribution in [2.45, 2.75) is 26.8 Å². The summed E-state index contributed by atoms with van der Waals surface area (Å²) in [5, 5.41) is 1.96. The molecule has 0 unspecified atom stereocenters. The topological polar surface area (TPSA) is 44.0 Å². The van der Waals surface area contributed by atoms with Crippen molar-refractivity contribution >= 4 is 11.0 Å². The minimum absolute atomic E-state index is 0.198. The highest BCUT2D eigenvalue weighted by Gasteiger charge is 2.10. The molecule has 25 heavy (non-hydrogen) atoms. The van der Waals surface area contributed by atoms with Gasteiger partial charge in [0, 0.05) is 23.1 Å². The van der Waals surface area contributed by atoms with Crippen LogP contribution >= 0.6 is 0 Å². The summed E-state index contributed by atoms with van der Waals surface area (Å²) in [5.41, 5.74) is 2.92. The molecule has 0 spiro atoms. The van der Waals surface area contributed by atoms with E-state index in [4.69, 9.17) is 18.9 Å². The van der Waals surface area contributed by atoms with Gasteiger partial charge in [-0.15, -0.1) is 0 Å². The zero-order valence-electron chi connectivity index (χ0n) is 15.3. The molecule has 3 rings (SSSR count). The van der Waals surface area contributed by atoms with Crippen LogP contribution in [0.5, 0.6) is 11.5 Å². The van der Waals surface area contributed by atoms with Crippen LogP contribution in [0.15, 0.2) is 51.9 Å². The molecule has 0 saturated heterocycles. The fourth-order valence-electron chi connectivity index (χ4n) is 2.80. The summed E-state index contributed by atoms with van der Waals surface area (Å²) in [6, 6.07) is 14.1. The first-order valence-corrected chi connectivity index (χ1v) is 8.32. The van der Waals surface area contributed by atoms with Crippen LogP contribution in [0.25, 0.3) is 22.3 Å². The van der Waals surface area contributed by atoms with Crippen molar-refractivity contribution in [2.24, 2.45) is 4.99 Å². The van der Waals surface area contributed by atoms with E-state index in [-0.39, 0.29) is 6.04 Å². The van der Waals surface area contributed by atoms with Crippen LogP contribution in [-0.2, 0) is 0 Å². The Hall–Kier alpha value is -2.75. The lowest BCUT2D eigenvalue weighted by molar-refractivity contribution is 0.355. The van der Waals surface area contributed by atoms with E-state index in [9.17, 15) is 0 Å². The number of hydrogen-bond donors (Lipinski definition) is 0. The number of rotatable bonds is 4. The molecule has 0 N–H and O–H groups in total. The molecule has 0 radical (unpaired) electrons. The number of methoxy groups -OCH3 is 2. The zero-order chi connectivity index (χ0) is 18.0. The number of benzene rings is 2. The summed E-state index contributed by atoms with van der Waals surface area (Å²) in [4.78, 5) is 4.78. The third-order valence-corrected chi connectivity index (χ3v) is 3.96. The highest BCUT2D eigenvalue weighted by Crippen LogP contribution is 2.32. The van der Waals surface area contributed by atoms with E-state index in [1.54, 1.807) is 14.2 Å². The Morgan fingerprint density at radius 1 is 0.920 bits per heavy atom. The van der Waals surface area contributed by atoms with Gasteiger partial charge < -0.3 is 13.9 Å². The molecule has 0 aliphatic heterocycles. The van der Waals surface area contributed by atoms with E-state index in [1.165, 1.54) is 5.56 Å². The van der Waals surface area contributed by atoms with Crippen molar-refractivity contribution in [3.05, 3.63) is 53.4 Å². The van der Waals surface area contributed by atoms with Gasteiger partial charge in [-0.25, -0.2) is 0 Å². The van der Waals surface area contributed by atoms with E-state index in [0.29, 0.717) is 11.5 Å². The zero-order valence-corrected chi connectivity index (χ0v) is 15.3. The Labute approximate surface area is 147 Å². The second kappa shape index (κ2) is 7.01. The van der Waals surface area contributed by atoms with Crippen LogP contribution in [0.4, 0.5) is 0 Å². The molecule has 1 aromatic heterocycles. The summed E-state index contributed by atoms with van der Waals surface area (Å²) in [6.07, 6.45) is 0. The standard InChI is InChI=1S/C21H23NO3/c1-13(2)22-17-12-20(25-18-8-6-14(3)10-16(17)18)15-7-9-19(23-4)21(11-15)24-5/h6-13H,1-5H3. The van der Waals surface area contributed by atoms with E-state index in [2.05, 4.69) is 26.8 Å². The van der Waals surface area contributed by atoms with Crippen molar-refractivity contribution in [3.8, 4) is 22.8 Å². The molecular formula is C21H23NO3. The highest BCUT2D eigenvalue weighted by atomic mass is 16.5. The number of hydrogen-bond acceptors (Lipinski definition) is 4. The van der Waals surface area contributed by atoms with Crippen LogP contribution in [0.1, 0.15) is 19.4 Å². The third kappa shape index (κ3) is 3.53. The smallest absolute Gasteiger partial charge is 0.161 e. The molecule has 0 amide bonds. The maximum Gasteiger partial charge on any atom is 0.161 e. The number of ether oxygens (including phenoxy) is 2. The predicted octanol–water partition coefficient (Wildman–Crippen LogP) is 4.73. The summed E-state index contributed by atoms with van der Waals surface area (Å²) in [6.45, 7) is 6.21. The quantitative estimate of drug-likeness (QED) is 0.691. The lowest BCUT2D eigenvalue weighted by atomic mass is 10.1. The Morgan fingerprint density at radius 3 is 2.36 bits per heavy atom. The average molecular weight is 337 g/mol. The van der Waals surface area contributed by atoms with Crippen molar-refractivity contribution in [1.82, 2.24) is 0 Å². The summed E-state index contributed by atoms with van der Waals surface area (Å²) in [7, 11) is 3.25. The summed E-state index contributed by atoms with van der Waals surface area (Å²) in [5.74, 6) is 2.10. The molecule has 0 aliphatic rings. The summed E-state index contributed by atoms with van der Waals surface area (Å²) >= 11 is 0.